The molecule has 1 atom stereocenters. The number of hydrogen-bond donors (Lipinski definition) is 1. The van der Waals surface area contributed by atoms with E-state index in [1.807, 2.05) is 0 Å². The Morgan fingerprint density at radius 3 is 2.61 bits per heavy atom. The van der Waals surface area contributed by atoms with Crippen molar-refractivity contribution in [1.82, 2.24) is 10.2 Å². The Morgan fingerprint density at radius 2 is 2.00 bits per heavy atom. The molecule has 4 rings (SSSR count). The van der Waals surface area contributed by atoms with Crippen LogP contribution in [0, 0.1) is 11.2 Å². The van der Waals surface area contributed by atoms with E-state index in [0.717, 1.165) is 43.3 Å². The summed E-state index contributed by atoms with van der Waals surface area (Å²) in [5, 5.41) is 3.45. The van der Waals surface area contributed by atoms with E-state index in [0.29, 0.717) is 11.3 Å². The van der Waals surface area contributed by atoms with Gasteiger partial charge >= 0.3 is 0 Å². The maximum Gasteiger partial charge on any atom is 0.123 e. The van der Waals surface area contributed by atoms with Crippen LogP contribution >= 0.6 is 0 Å². The van der Waals surface area contributed by atoms with Crippen LogP contribution in [0.15, 0.2) is 18.2 Å². The summed E-state index contributed by atoms with van der Waals surface area (Å²) in [6.07, 6.45) is 6.34. The van der Waals surface area contributed by atoms with Gasteiger partial charge in [-0.2, -0.15) is 0 Å². The third kappa shape index (κ3) is 2.87. The molecule has 1 saturated carbocycles. The first-order valence-corrected chi connectivity index (χ1v) is 8.97. The largest absolute Gasteiger partial charge is 0.496 e. The standard InChI is InChI=1S/C19H27FN2O/c1-23-18-3-2-15(20)10-17(18)14-5-8-22(9-6-14)16-4-7-19(11-16)12-21-13-19/h2-3,10,14,16,21H,4-9,11-13H2,1H3/t16-/m1/s1. The molecule has 126 valence electrons. The Balaban J connectivity index is 1.39. The summed E-state index contributed by atoms with van der Waals surface area (Å²) in [5.74, 6) is 1.11. The lowest BCUT2D eigenvalue weighted by atomic mass is 9.80. The topological polar surface area (TPSA) is 24.5 Å². The molecule has 1 aromatic rings. The molecule has 0 radical (unpaired) electrons. The van der Waals surface area contributed by atoms with Crippen LogP contribution in [0.2, 0.25) is 0 Å². The first-order chi connectivity index (χ1) is 11.2. The van der Waals surface area contributed by atoms with E-state index in [1.54, 1.807) is 19.2 Å². The summed E-state index contributed by atoms with van der Waals surface area (Å²) in [6, 6.07) is 5.69. The third-order valence-corrected chi connectivity index (χ3v) is 6.35. The van der Waals surface area contributed by atoms with Crippen molar-refractivity contribution < 1.29 is 9.13 Å². The lowest BCUT2D eigenvalue weighted by Crippen LogP contribution is -2.52. The van der Waals surface area contributed by atoms with Gasteiger partial charge in [0.15, 0.2) is 0 Å². The molecule has 1 N–H and O–H groups in total. The summed E-state index contributed by atoms with van der Waals surface area (Å²) in [4.78, 5) is 2.69. The number of halogens is 1. The quantitative estimate of drug-likeness (QED) is 0.926. The normalized spacial score (nSPS) is 28.0. The molecule has 4 heteroatoms. The van der Waals surface area contributed by atoms with Crippen LogP contribution in [0.3, 0.4) is 0 Å². The van der Waals surface area contributed by atoms with Crippen molar-refractivity contribution in [3.05, 3.63) is 29.6 Å². The van der Waals surface area contributed by atoms with E-state index in [9.17, 15) is 4.39 Å². The minimum absolute atomic E-state index is 0.154. The van der Waals surface area contributed by atoms with Gasteiger partial charge in [-0.15, -0.1) is 0 Å². The van der Waals surface area contributed by atoms with Crippen molar-refractivity contribution in [3.8, 4) is 5.75 Å². The molecular weight excluding hydrogens is 291 g/mol. The van der Waals surface area contributed by atoms with Gasteiger partial charge in [-0.3, -0.25) is 0 Å². The Labute approximate surface area is 138 Å². The number of rotatable bonds is 3. The maximum atomic E-state index is 13.6. The first-order valence-electron chi connectivity index (χ1n) is 8.97. The van der Waals surface area contributed by atoms with E-state index in [1.165, 1.54) is 38.4 Å². The van der Waals surface area contributed by atoms with Crippen molar-refractivity contribution in [1.29, 1.82) is 0 Å². The van der Waals surface area contributed by atoms with Crippen LogP contribution in [0.1, 0.15) is 43.6 Å². The molecule has 0 aromatic heterocycles. The number of piperidine rings is 1. The predicted molar refractivity (Wildman–Crippen MR) is 89.4 cm³/mol. The number of benzene rings is 1. The van der Waals surface area contributed by atoms with E-state index in [4.69, 9.17) is 4.74 Å². The van der Waals surface area contributed by atoms with E-state index < -0.39 is 0 Å². The SMILES string of the molecule is COc1ccc(F)cc1C1CCN([C@@H]2CCC3(CNC3)C2)CC1. The smallest absolute Gasteiger partial charge is 0.123 e. The molecule has 2 aliphatic heterocycles. The number of nitrogens with zero attached hydrogens (tertiary/aromatic N) is 1. The molecule has 0 amide bonds. The molecule has 2 saturated heterocycles. The number of hydrogen-bond acceptors (Lipinski definition) is 3. The third-order valence-electron chi connectivity index (χ3n) is 6.35. The van der Waals surface area contributed by atoms with Crippen LogP contribution in [0.4, 0.5) is 4.39 Å². The number of methoxy groups -OCH3 is 1. The maximum absolute atomic E-state index is 13.6. The zero-order valence-corrected chi connectivity index (χ0v) is 14.0. The van der Waals surface area contributed by atoms with Crippen LogP contribution < -0.4 is 10.1 Å². The second-order valence-corrected chi connectivity index (χ2v) is 7.70. The summed E-state index contributed by atoms with van der Waals surface area (Å²) >= 11 is 0. The molecule has 3 aliphatic rings. The van der Waals surface area contributed by atoms with Crippen molar-refractivity contribution in [2.45, 2.75) is 44.1 Å². The molecule has 1 aliphatic carbocycles. The van der Waals surface area contributed by atoms with Crippen molar-refractivity contribution in [3.63, 3.8) is 0 Å². The van der Waals surface area contributed by atoms with Gasteiger partial charge in [0.2, 0.25) is 0 Å². The summed E-state index contributed by atoms with van der Waals surface area (Å²) in [6.45, 7) is 4.72. The fraction of sp³-hybridized carbons (Fsp3) is 0.684. The molecule has 0 unspecified atom stereocenters. The van der Waals surface area contributed by atoms with Gasteiger partial charge in [0.25, 0.3) is 0 Å². The van der Waals surface area contributed by atoms with Gasteiger partial charge in [0, 0.05) is 24.7 Å². The van der Waals surface area contributed by atoms with Gasteiger partial charge in [-0.05, 0) is 74.7 Å². The van der Waals surface area contributed by atoms with E-state index in [2.05, 4.69) is 10.2 Å². The van der Waals surface area contributed by atoms with Crippen molar-refractivity contribution in [2.75, 3.05) is 33.3 Å². The Hall–Kier alpha value is -1.13. The van der Waals surface area contributed by atoms with Crippen molar-refractivity contribution in [2.24, 2.45) is 5.41 Å². The molecule has 1 spiro atoms. The second kappa shape index (κ2) is 6.06. The summed E-state index contributed by atoms with van der Waals surface area (Å²) in [5.41, 5.74) is 1.67. The van der Waals surface area contributed by atoms with Crippen molar-refractivity contribution >= 4 is 0 Å². The minimum Gasteiger partial charge on any atom is -0.496 e. The highest BCUT2D eigenvalue weighted by Crippen LogP contribution is 2.44. The van der Waals surface area contributed by atoms with Gasteiger partial charge < -0.3 is 15.0 Å². The van der Waals surface area contributed by atoms with E-state index >= 15 is 0 Å². The van der Waals surface area contributed by atoms with Gasteiger partial charge in [0.1, 0.15) is 11.6 Å². The van der Waals surface area contributed by atoms with Crippen LogP contribution in [0.25, 0.3) is 0 Å². The Kier molecular flexibility index (Phi) is 4.06. The summed E-state index contributed by atoms with van der Waals surface area (Å²) in [7, 11) is 1.68. The molecule has 3 fully saturated rings. The van der Waals surface area contributed by atoms with Gasteiger partial charge in [-0.25, -0.2) is 4.39 Å². The fourth-order valence-corrected chi connectivity index (χ4v) is 4.89. The molecule has 2 heterocycles. The lowest BCUT2D eigenvalue weighted by Gasteiger charge is -2.41. The van der Waals surface area contributed by atoms with Gasteiger partial charge in [0.05, 0.1) is 7.11 Å². The van der Waals surface area contributed by atoms with Crippen LogP contribution in [0.5, 0.6) is 5.75 Å². The lowest BCUT2D eigenvalue weighted by molar-refractivity contribution is 0.120. The molecule has 3 nitrogen and oxygen atoms in total. The highest BCUT2D eigenvalue weighted by Gasteiger charge is 2.45. The Bertz CT molecular complexity index is 564. The second-order valence-electron chi connectivity index (χ2n) is 7.70. The number of nitrogens with one attached hydrogen (secondary N) is 1. The molecule has 23 heavy (non-hydrogen) atoms. The predicted octanol–water partition coefficient (Wildman–Crippen LogP) is 3.16. The highest BCUT2D eigenvalue weighted by molar-refractivity contribution is 5.37. The number of ether oxygens (including phenoxy) is 1. The molecule has 1 aromatic carbocycles. The van der Waals surface area contributed by atoms with Crippen LogP contribution in [-0.4, -0.2) is 44.2 Å². The summed E-state index contributed by atoms with van der Waals surface area (Å²) < 4.78 is 19.1. The Morgan fingerprint density at radius 1 is 1.22 bits per heavy atom. The monoisotopic (exact) mass is 318 g/mol. The molecule has 0 bridgehead atoms. The fourth-order valence-electron chi connectivity index (χ4n) is 4.89. The zero-order chi connectivity index (χ0) is 15.9. The average Bonchev–Trinajstić information content (AvgIpc) is 3.01. The number of likely N-dealkylation sites (tertiary alicyclic amines) is 1. The van der Waals surface area contributed by atoms with Gasteiger partial charge in [-0.1, -0.05) is 0 Å². The van der Waals surface area contributed by atoms with E-state index in [-0.39, 0.29) is 5.82 Å². The minimum atomic E-state index is -0.154. The van der Waals surface area contributed by atoms with Crippen LogP contribution in [-0.2, 0) is 0 Å². The first kappa shape index (κ1) is 15.4. The highest BCUT2D eigenvalue weighted by atomic mass is 19.1. The molecular formula is C19H27FN2O. The average molecular weight is 318 g/mol. The zero-order valence-electron chi connectivity index (χ0n) is 14.0.